The molecule has 2 rings (SSSR count). The van der Waals surface area contributed by atoms with E-state index in [4.69, 9.17) is 17.3 Å². The van der Waals surface area contributed by atoms with Gasteiger partial charge in [0.1, 0.15) is 0 Å². The van der Waals surface area contributed by atoms with Gasteiger partial charge in [-0.15, -0.1) is 0 Å². The van der Waals surface area contributed by atoms with Crippen LogP contribution in [-0.4, -0.2) is 37.0 Å². The van der Waals surface area contributed by atoms with Gasteiger partial charge in [0.25, 0.3) is 5.91 Å². The van der Waals surface area contributed by atoms with Crippen molar-refractivity contribution in [1.29, 1.82) is 0 Å². The molecular formula is C14H20ClN3O. The molecule has 0 radical (unpaired) electrons. The molecule has 1 aliphatic rings. The number of halogens is 1. The van der Waals surface area contributed by atoms with Crippen LogP contribution in [0.15, 0.2) is 18.2 Å². The van der Waals surface area contributed by atoms with Crippen molar-refractivity contribution >= 4 is 23.2 Å². The Labute approximate surface area is 118 Å². The molecule has 1 aromatic carbocycles. The number of nitrogen functional groups attached to an aromatic ring is 1. The summed E-state index contributed by atoms with van der Waals surface area (Å²) in [4.78, 5) is 14.4. The molecule has 1 aliphatic heterocycles. The Morgan fingerprint density at radius 2 is 2.11 bits per heavy atom. The van der Waals surface area contributed by atoms with Crippen molar-refractivity contribution in [3.05, 3.63) is 28.8 Å². The van der Waals surface area contributed by atoms with Gasteiger partial charge >= 0.3 is 0 Å². The minimum atomic E-state index is -0.133. The van der Waals surface area contributed by atoms with Gasteiger partial charge in [-0.05, 0) is 57.1 Å². The monoisotopic (exact) mass is 281 g/mol. The fraction of sp³-hybridized carbons (Fsp3) is 0.500. The van der Waals surface area contributed by atoms with E-state index in [2.05, 4.69) is 10.2 Å². The first-order valence-electron chi connectivity index (χ1n) is 6.72. The molecule has 1 heterocycles. The Morgan fingerprint density at radius 3 is 2.79 bits per heavy atom. The lowest BCUT2D eigenvalue weighted by atomic mass is 10.2. The van der Waals surface area contributed by atoms with Crippen molar-refractivity contribution in [3.8, 4) is 0 Å². The van der Waals surface area contributed by atoms with Crippen molar-refractivity contribution in [2.75, 3.05) is 31.9 Å². The van der Waals surface area contributed by atoms with E-state index in [1.54, 1.807) is 18.2 Å². The van der Waals surface area contributed by atoms with Crippen LogP contribution in [0.1, 0.15) is 29.6 Å². The molecule has 5 heteroatoms. The average Bonchev–Trinajstić information content (AvgIpc) is 2.87. The van der Waals surface area contributed by atoms with E-state index in [1.807, 2.05) is 0 Å². The van der Waals surface area contributed by atoms with Gasteiger partial charge in [0.05, 0.1) is 10.6 Å². The molecule has 1 fully saturated rings. The predicted molar refractivity (Wildman–Crippen MR) is 78.5 cm³/mol. The van der Waals surface area contributed by atoms with E-state index in [9.17, 15) is 4.79 Å². The molecule has 0 saturated carbocycles. The summed E-state index contributed by atoms with van der Waals surface area (Å²) in [6.07, 6.45) is 3.57. The van der Waals surface area contributed by atoms with Crippen molar-refractivity contribution in [2.24, 2.45) is 0 Å². The van der Waals surface area contributed by atoms with E-state index in [-0.39, 0.29) is 5.91 Å². The molecule has 0 atom stereocenters. The van der Waals surface area contributed by atoms with Crippen molar-refractivity contribution in [3.63, 3.8) is 0 Å². The van der Waals surface area contributed by atoms with Crippen LogP contribution in [0.3, 0.4) is 0 Å². The van der Waals surface area contributed by atoms with Gasteiger partial charge < -0.3 is 16.0 Å². The summed E-state index contributed by atoms with van der Waals surface area (Å²) < 4.78 is 0. The second-order valence-electron chi connectivity index (χ2n) is 4.90. The first kappa shape index (κ1) is 14.2. The van der Waals surface area contributed by atoms with Crippen LogP contribution >= 0.6 is 11.6 Å². The smallest absolute Gasteiger partial charge is 0.252 e. The van der Waals surface area contributed by atoms with Crippen molar-refractivity contribution in [2.45, 2.75) is 19.3 Å². The van der Waals surface area contributed by atoms with E-state index < -0.39 is 0 Å². The van der Waals surface area contributed by atoms with Crippen molar-refractivity contribution in [1.82, 2.24) is 10.2 Å². The van der Waals surface area contributed by atoms with Crippen LogP contribution in [0.4, 0.5) is 5.69 Å². The molecule has 1 saturated heterocycles. The fourth-order valence-electron chi connectivity index (χ4n) is 2.32. The lowest BCUT2D eigenvalue weighted by Crippen LogP contribution is -2.28. The summed E-state index contributed by atoms with van der Waals surface area (Å²) in [7, 11) is 0. The summed E-state index contributed by atoms with van der Waals surface area (Å²) in [5, 5.41) is 3.29. The maximum Gasteiger partial charge on any atom is 0.252 e. The molecule has 19 heavy (non-hydrogen) atoms. The molecule has 104 valence electrons. The minimum absolute atomic E-state index is 0.133. The van der Waals surface area contributed by atoms with Gasteiger partial charge in [-0.1, -0.05) is 11.6 Å². The normalized spacial score (nSPS) is 15.6. The van der Waals surface area contributed by atoms with Gasteiger partial charge in [-0.2, -0.15) is 0 Å². The highest BCUT2D eigenvalue weighted by Crippen LogP contribution is 2.18. The zero-order valence-electron chi connectivity index (χ0n) is 11.0. The molecule has 0 unspecified atom stereocenters. The van der Waals surface area contributed by atoms with E-state index in [0.717, 1.165) is 13.0 Å². The Bertz CT molecular complexity index is 444. The second-order valence-corrected chi connectivity index (χ2v) is 5.30. The first-order valence-corrected chi connectivity index (χ1v) is 7.10. The number of likely N-dealkylation sites (tertiary alicyclic amines) is 1. The van der Waals surface area contributed by atoms with Gasteiger partial charge in [0, 0.05) is 12.2 Å². The Balaban J connectivity index is 1.74. The third-order valence-corrected chi connectivity index (χ3v) is 3.69. The highest BCUT2D eigenvalue weighted by Gasteiger charge is 2.12. The van der Waals surface area contributed by atoms with Crippen LogP contribution in [-0.2, 0) is 0 Å². The Morgan fingerprint density at radius 1 is 1.37 bits per heavy atom. The second kappa shape index (κ2) is 6.78. The Hall–Kier alpha value is -1.26. The molecular weight excluding hydrogens is 262 g/mol. The third kappa shape index (κ3) is 4.11. The van der Waals surface area contributed by atoms with E-state index in [0.29, 0.717) is 22.8 Å². The molecule has 0 aromatic heterocycles. The number of nitrogens with one attached hydrogen (secondary N) is 1. The lowest BCUT2D eigenvalue weighted by molar-refractivity contribution is 0.0952. The third-order valence-electron chi connectivity index (χ3n) is 3.37. The summed E-state index contributed by atoms with van der Waals surface area (Å²) in [6.45, 7) is 4.11. The van der Waals surface area contributed by atoms with Crippen LogP contribution in [0, 0.1) is 0 Å². The van der Waals surface area contributed by atoms with Crippen LogP contribution in [0.2, 0.25) is 5.02 Å². The number of rotatable bonds is 5. The molecule has 0 bridgehead atoms. The number of carbonyl (C=O) groups is 1. The lowest BCUT2D eigenvalue weighted by Gasteiger charge is -2.14. The predicted octanol–water partition coefficient (Wildman–Crippen LogP) is 2.14. The first-order chi connectivity index (χ1) is 9.16. The molecule has 1 amide bonds. The van der Waals surface area contributed by atoms with Gasteiger partial charge in [-0.3, -0.25) is 4.79 Å². The number of amides is 1. The maximum absolute atomic E-state index is 11.9. The van der Waals surface area contributed by atoms with Crippen LogP contribution < -0.4 is 11.1 Å². The van der Waals surface area contributed by atoms with Crippen molar-refractivity contribution < 1.29 is 4.79 Å². The maximum atomic E-state index is 11.9. The standard InChI is InChI=1S/C14H20ClN3O/c15-13-10-11(16)4-5-12(13)14(19)17-6-3-9-18-7-1-2-8-18/h4-5,10H,1-3,6-9,16H2,(H,17,19). The quantitative estimate of drug-likeness (QED) is 0.642. The molecule has 4 nitrogen and oxygen atoms in total. The van der Waals surface area contributed by atoms with Crippen LogP contribution in [0.25, 0.3) is 0 Å². The SMILES string of the molecule is Nc1ccc(C(=O)NCCCN2CCCC2)c(Cl)c1. The molecule has 1 aromatic rings. The highest BCUT2D eigenvalue weighted by atomic mass is 35.5. The number of anilines is 1. The summed E-state index contributed by atoms with van der Waals surface area (Å²) >= 11 is 5.99. The number of nitrogens with two attached hydrogens (primary N) is 1. The fourth-order valence-corrected chi connectivity index (χ4v) is 2.60. The molecule has 0 aliphatic carbocycles. The van der Waals surface area contributed by atoms with Gasteiger partial charge in [0.2, 0.25) is 0 Å². The number of hydrogen-bond acceptors (Lipinski definition) is 3. The Kier molecular flexibility index (Phi) is 5.05. The number of nitrogens with zero attached hydrogens (tertiary/aromatic N) is 1. The van der Waals surface area contributed by atoms with Crippen LogP contribution in [0.5, 0.6) is 0 Å². The topological polar surface area (TPSA) is 58.4 Å². The van der Waals surface area contributed by atoms with Gasteiger partial charge in [0.15, 0.2) is 0 Å². The van der Waals surface area contributed by atoms with Gasteiger partial charge in [-0.25, -0.2) is 0 Å². The number of hydrogen-bond donors (Lipinski definition) is 2. The molecule has 3 N–H and O–H groups in total. The van der Waals surface area contributed by atoms with E-state index >= 15 is 0 Å². The summed E-state index contributed by atoms with van der Waals surface area (Å²) in [6, 6.07) is 4.94. The zero-order valence-corrected chi connectivity index (χ0v) is 11.7. The summed E-state index contributed by atoms with van der Waals surface area (Å²) in [5.41, 5.74) is 6.65. The minimum Gasteiger partial charge on any atom is -0.399 e. The molecule has 0 spiro atoms. The number of carbonyl (C=O) groups excluding carboxylic acids is 1. The summed E-state index contributed by atoms with van der Waals surface area (Å²) in [5.74, 6) is -0.133. The average molecular weight is 282 g/mol. The zero-order chi connectivity index (χ0) is 13.7. The van der Waals surface area contributed by atoms with E-state index in [1.165, 1.54) is 25.9 Å². The largest absolute Gasteiger partial charge is 0.399 e. The highest BCUT2D eigenvalue weighted by molar-refractivity contribution is 6.34. The number of benzene rings is 1.